The highest BCUT2D eigenvalue weighted by Gasteiger charge is 2.19. The lowest BCUT2D eigenvalue weighted by atomic mass is 10.2. The van der Waals surface area contributed by atoms with Crippen LogP contribution in [0.1, 0.15) is 35.3 Å². The Hall–Kier alpha value is -3.49. The first-order valence-corrected chi connectivity index (χ1v) is 9.39. The molecule has 2 heterocycles. The maximum Gasteiger partial charge on any atom is 0.276 e. The van der Waals surface area contributed by atoms with Crippen molar-refractivity contribution >= 4 is 17.5 Å². The first-order chi connectivity index (χ1) is 13.9. The number of carbonyl (C=O) groups excluding carboxylic acids is 2. The number of carbonyl (C=O) groups is 2. The van der Waals surface area contributed by atoms with Gasteiger partial charge in [0, 0.05) is 43.9 Å². The molecule has 1 aromatic carbocycles. The van der Waals surface area contributed by atoms with Crippen LogP contribution in [0.3, 0.4) is 0 Å². The molecule has 1 aromatic heterocycles. The molecule has 9 nitrogen and oxygen atoms in total. The van der Waals surface area contributed by atoms with Crippen molar-refractivity contribution in [3.05, 3.63) is 57.9 Å². The zero-order valence-electron chi connectivity index (χ0n) is 16.1. The number of rotatable bonds is 8. The highest BCUT2D eigenvalue weighted by Crippen LogP contribution is 2.28. The van der Waals surface area contributed by atoms with Crippen LogP contribution in [0, 0.1) is 17.0 Å². The Labute approximate surface area is 167 Å². The highest BCUT2D eigenvalue weighted by atomic mass is 16.6. The Morgan fingerprint density at radius 1 is 1.31 bits per heavy atom. The second-order valence-corrected chi connectivity index (χ2v) is 6.78. The van der Waals surface area contributed by atoms with Gasteiger partial charge in [-0.05, 0) is 38.0 Å². The first-order valence-electron chi connectivity index (χ1n) is 9.39. The monoisotopic (exact) mass is 398 g/mol. The lowest BCUT2D eigenvalue weighted by molar-refractivity contribution is -0.385. The molecular formula is C20H22N4O5. The van der Waals surface area contributed by atoms with Crippen LogP contribution < -0.4 is 10.1 Å². The van der Waals surface area contributed by atoms with Crippen LogP contribution in [0.2, 0.25) is 0 Å². The standard InChI is InChI=1S/C20H22N4O5/c1-14-5-6-15(13-18(14)24(27)28)29-16-7-9-21-17(12-16)20(26)22-8-3-11-23-10-2-4-19(23)25/h5-7,9,12-13H,2-4,8,10-11H2,1H3,(H,22,26). The molecule has 3 rings (SSSR count). The molecule has 9 heteroatoms. The largest absolute Gasteiger partial charge is 0.457 e. The van der Waals surface area contributed by atoms with Gasteiger partial charge in [-0.2, -0.15) is 0 Å². The Kier molecular flexibility index (Phi) is 6.38. The molecule has 0 radical (unpaired) electrons. The van der Waals surface area contributed by atoms with E-state index in [1.807, 2.05) is 0 Å². The predicted molar refractivity (Wildman–Crippen MR) is 105 cm³/mol. The van der Waals surface area contributed by atoms with E-state index in [1.54, 1.807) is 30.0 Å². The number of benzene rings is 1. The van der Waals surface area contributed by atoms with Crippen LogP contribution in [0.25, 0.3) is 0 Å². The van der Waals surface area contributed by atoms with Crippen molar-refractivity contribution in [2.45, 2.75) is 26.2 Å². The molecule has 2 amide bonds. The molecule has 152 valence electrons. The molecule has 0 unspecified atom stereocenters. The Bertz CT molecular complexity index is 931. The van der Waals surface area contributed by atoms with Gasteiger partial charge in [-0.1, -0.05) is 0 Å². The lowest BCUT2D eigenvalue weighted by Gasteiger charge is -2.15. The van der Waals surface area contributed by atoms with E-state index in [0.717, 1.165) is 13.0 Å². The number of pyridine rings is 1. The van der Waals surface area contributed by atoms with E-state index in [9.17, 15) is 19.7 Å². The number of nitrogens with zero attached hydrogens (tertiary/aromatic N) is 3. The lowest BCUT2D eigenvalue weighted by Crippen LogP contribution is -2.30. The summed E-state index contributed by atoms with van der Waals surface area (Å²) in [5, 5.41) is 13.8. The van der Waals surface area contributed by atoms with E-state index in [1.165, 1.54) is 18.3 Å². The summed E-state index contributed by atoms with van der Waals surface area (Å²) in [6.07, 6.45) is 3.61. The fourth-order valence-electron chi connectivity index (χ4n) is 3.09. The first kappa shape index (κ1) is 20.2. The number of aryl methyl sites for hydroxylation is 1. The number of nitro groups is 1. The van der Waals surface area contributed by atoms with Gasteiger partial charge in [0.1, 0.15) is 17.2 Å². The third-order valence-electron chi connectivity index (χ3n) is 4.64. The van der Waals surface area contributed by atoms with E-state index < -0.39 is 4.92 Å². The molecule has 0 atom stereocenters. The van der Waals surface area contributed by atoms with Gasteiger partial charge < -0.3 is 15.0 Å². The molecule has 0 saturated carbocycles. The summed E-state index contributed by atoms with van der Waals surface area (Å²) in [6.45, 7) is 3.49. The van der Waals surface area contributed by atoms with E-state index in [-0.39, 0.29) is 23.2 Å². The van der Waals surface area contributed by atoms with Gasteiger partial charge in [0.25, 0.3) is 11.6 Å². The summed E-state index contributed by atoms with van der Waals surface area (Å²) in [5.74, 6) is 0.471. The fourth-order valence-corrected chi connectivity index (χ4v) is 3.09. The summed E-state index contributed by atoms with van der Waals surface area (Å²) in [5.41, 5.74) is 0.681. The number of amides is 2. The Morgan fingerprint density at radius 3 is 2.83 bits per heavy atom. The van der Waals surface area contributed by atoms with Gasteiger partial charge in [0.15, 0.2) is 0 Å². The smallest absolute Gasteiger partial charge is 0.276 e. The molecule has 2 aromatic rings. The van der Waals surface area contributed by atoms with Gasteiger partial charge in [0.05, 0.1) is 11.0 Å². The number of hydrogen-bond acceptors (Lipinski definition) is 6. The SMILES string of the molecule is Cc1ccc(Oc2ccnc(C(=O)NCCCN3CCCC3=O)c2)cc1[N+](=O)[O-]. The van der Waals surface area contributed by atoms with Crippen molar-refractivity contribution in [3.8, 4) is 11.5 Å². The molecule has 0 bridgehead atoms. The predicted octanol–water partition coefficient (Wildman–Crippen LogP) is 2.83. The third kappa shape index (κ3) is 5.28. The van der Waals surface area contributed by atoms with Gasteiger partial charge in [-0.25, -0.2) is 0 Å². The van der Waals surface area contributed by atoms with Crippen molar-refractivity contribution < 1.29 is 19.2 Å². The second-order valence-electron chi connectivity index (χ2n) is 6.78. The van der Waals surface area contributed by atoms with Crippen molar-refractivity contribution in [2.24, 2.45) is 0 Å². The van der Waals surface area contributed by atoms with E-state index in [2.05, 4.69) is 10.3 Å². The molecule has 1 fully saturated rings. The van der Waals surface area contributed by atoms with Gasteiger partial charge in [-0.15, -0.1) is 0 Å². The van der Waals surface area contributed by atoms with E-state index in [4.69, 9.17) is 4.74 Å². The fraction of sp³-hybridized carbons (Fsp3) is 0.350. The molecule has 1 saturated heterocycles. The Morgan fingerprint density at radius 2 is 2.10 bits per heavy atom. The number of aromatic nitrogens is 1. The van der Waals surface area contributed by atoms with Crippen molar-refractivity contribution in [2.75, 3.05) is 19.6 Å². The number of ether oxygens (including phenoxy) is 1. The summed E-state index contributed by atoms with van der Waals surface area (Å²) < 4.78 is 5.65. The zero-order chi connectivity index (χ0) is 20.8. The number of nitro benzene ring substituents is 1. The quantitative estimate of drug-likeness (QED) is 0.415. The summed E-state index contributed by atoms with van der Waals surface area (Å²) in [6, 6.07) is 7.62. The van der Waals surface area contributed by atoms with Crippen LogP contribution in [0.5, 0.6) is 11.5 Å². The molecular weight excluding hydrogens is 376 g/mol. The number of nitrogens with one attached hydrogen (secondary N) is 1. The molecule has 1 aliphatic heterocycles. The molecule has 1 N–H and O–H groups in total. The number of likely N-dealkylation sites (tertiary alicyclic amines) is 1. The second kappa shape index (κ2) is 9.13. The van der Waals surface area contributed by atoms with Gasteiger partial charge >= 0.3 is 0 Å². The average Bonchev–Trinajstić information content (AvgIpc) is 3.11. The maximum atomic E-state index is 12.3. The summed E-state index contributed by atoms with van der Waals surface area (Å²) >= 11 is 0. The minimum Gasteiger partial charge on any atom is -0.457 e. The van der Waals surface area contributed by atoms with E-state index >= 15 is 0 Å². The topological polar surface area (TPSA) is 115 Å². The van der Waals surface area contributed by atoms with Crippen LogP contribution in [0.4, 0.5) is 5.69 Å². The minimum absolute atomic E-state index is 0.0361. The highest BCUT2D eigenvalue weighted by molar-refractivity contribution is 5.92. The van der Waals surface area contributed by atoms with Crippen LogP contribution in [-0.2, 0) is 4.79 Å². The molecule has 29 heavy (non-hydrogen) atoms. The molecule has 0 spiro atoms. The molecule has 0 aliphatic carbocycles. The average molecular weight is 398 g/mol. The normalized spacial score (nSPS) is 13.4. The van der Waals surface area contributed by atoms with E-state index in [0.29, 0.717) is 43.0 Å². The minimum atomic E-state index is -0.469. The van der Waals surface area contributed by atoms with Gasteiger partial charge in [-0.3, -0.25) is 24.7 Å². The molecule has 1 aliphatic rings. The van der Waals surface area contributed by atoms with Crippen molar-refractivity contribution in [1.29, 1.82) is 0 Å². The van der Waals surface area contributed by atoms with Crippen molar-refractivity contribution in [3.63, 3.8) is 0 Å². The van der Waals surface area contributed by atoms with Gasteiger partial charge in [0.2, 0.25) is 5.91 Å². The zero-order valence-corrected chi connectivity index (χ0v) is 16.1. The van der Waals surface area contributed by atoms with Crippen LogP contribution in [0.15, 0.2) is 36.5 Å². The van der Waals surface area contributed by atoms with Crippen LogP contribution >= 0.6 is 0 Å². The maximum absolute atomic E-state index is 12.3. The summed E-state index contributed by atoms with van der Waals surface area (Å²) in [4.78, 5) is 40.3. The third-order valence-corrected chi connectivity index (χ3v) is 4.64. The number of hydrogen-bond donors (Lipinski definition) is 1. The van der Waals surface area contributed by atoms with Crippen LogP contribution in [-0.4, -0.2) is 46.3 Å². The summed E-state index contributed by atoms with van der Waals surface area (Å²) in [7, 11) is 0. The van der Waals surface area contributed by atoms with Crippen molar-refractivity contribution in [1.82, 2.24) is 15.2 Å². The Balaban J connectivity index is 1.56.